The zero-order valence-electron chi connectivity index (χ0n) is 28.9. The van der Waals surface area contributed by atoms with Crippen LogP contribution in [0.3, 0.4) is 0 Å². The van der Waals surface area contributed by atoms with E-state index in [1.165, 1.54) is 53.4 Å². The first kappa shape index (κ1) is 30.0. The molecule has 0 unspecified atom stereocenters. The molecule has 0 atom stereocenters. The first-order valence-electron chi connectivity index (χ1n) is 18.3. The first-order valence-corrected chi connectivity index (χ1v) is 20.3. The van der Waals surface area contributed by atoms with Crippen LogP contribution in [0.2, 0.25) is 0 Å². The first-order chi connectivity index (χ1) is 26.3. The molecule has 248 valence electrons. The molecule has 0 saturated heterocycles. The summed E-state index contributed by atoms with van der Waals surface area (Å²) in [7, 11) is -2.83. The van der Waals surface area contributed by atoms with Crippen LogP contribution in [-0.4, -0.2) is 8.07 Å². The number of rotatable bonds is 5. The fraction of sp³-hybridized carbons (Fsp3) is 0. The van der Waals surface area contributed by atoms with Crippen LogP contribution in [0.15, 0.2) is 205 Å². The molecule has 2 nitrogen and oxygen atoms in total. The Kier molecular flexibility index (Phi) is 6.61. The van der Waals surface area contributed by atoms with Gasteiger partial charge in [0.25, 0.3) is 0 Å². The van der Waals surface area contributed by atoms with Crippen LogP contribution in [0, 0.1) is 0 Å². The normalized spacial score (nSPS) is 13.1. The van der Waals surface area contributed by atoms with Gasteiger partial charge < -0.3 is 9.32 Å². The van der Waals surface area contributed by atoms with E-state index >= 15 is 0 Å². The monoisotopic (exact) mass is 691 g/mol. The minimum atomic E-state index is -2.83. The molecule has 11 rings (SSSR count). The van der Waals surface area contributed by atoms with E-state index in [0.29, 0.717) is 0 Å². The number of benzene rings is 9. The number of fused-ring (bicyclic) bond motifs is 10. The largest absolute Gasteiger partial charge is 0.455 e. The Bertz CT molecular complexity index is 2970. The third-order valence-electron chi connectivity index (χ3n) is 11.3. The number of furan rings is 1. The van der Waals surface area contributed by atoms with E-state index < -0.39 is 8.07 Å². The van der Waals surface area contributed by atoms with Gasteiger partial charge in [0, 0.05) is 33.4 Å². The highest BCUT2D eigenvalue weighted by molar-refractivity contribution is 7.22. The molecular weight excluding hydrogens is 659 g/mol. The van der Waals surface area contributed by atoms with Gasteiger partial charge in [0.05, 0.1) is 0 Å². The third kappa shape index (κ3) is 4.38. The van der Waals surface area contributed by atoms with Crippen molar-refractivity contribution < 1.29 is 4.42 Å². The Balaban J connectivity index is 1.22. The molecule has 0 bridgehead atoms. The summed E-state index contributed by atoms with van der Waals surface area (Å²) in [4.78, 5) is 2.42. The van der Waals surface area contributed by atoms with Crippen LogP contribution in [0.5, 0.6) is 0 Å². The van der Waals surface area contributed by atoms with Crippen LogP contribution in [0.4, 0.5) is 17.1 Å². The number of anilines is 3. The molecule has 0 spiro atoms. The predicted octanol–water partition coefficient (Wildman–Crippen LogP) is 10.7. The topological polar surface area (TPSA) is 16.4 Å². The fourth-order valence-electron chi connectivity index (χ4n) is 9.04. The van der Waals surface area contributed by atoms with Gasteiger partial charge in [0.1, 0.15) is 11.2 Å². The van der Waals surface area contributed by atoms with E-state index in [1.807, 2.05) is 0 Å². The smallest absolute Gasteiger partial charge is 0.181 e. The van der Waals surface area contributed by atoms with Crippen molar-refractivity contribution in [3.63, 3.8) is 0 Å². The van der Waals surface area contributed by atoms with Gasteiger partial charge in [0.15, 0.2) is 8.07 Å². The van der Waals surface area contributed by atoms with Crippen LogP contribution in [0.1, 0.15) is 0 Å². The molecule has 1 aromatic heterocycles. The Hall–Kier alpha value is -6.68. The van der Waals surface area contributed by atoms with Crippen molar-refractivity contribution >= 4 is 89.4 Å². The van der Waals surface area contributed by atoms with Gasteiger partial charge in [-0.25, -0.2) is 0 Å². The summed E-state index contributed by atoms with van der Waals surface area (Å²) < 4.78 is 6.82. The van der Waals surface area contributed by atoms with E-state index in [1.54, 1.807) is 0 Å². The summed E-state index contributed by atoms with van der Waals surface area (Å²) in [6.45, 7) is 0. The molecule has 9 aromatic carbocycles. The van der Waals surface area contributed by atoms with Gasteiger partial charge in [-0.05, 0) is 90.3 Å². The predicted molar refractivity (Wildman–Crippen MR) is 226 cm³/mol. The molecule has 1 aliphatic heterocycles. The van der Waals surface area contributed by atoms with Crippen molar-refractivity contribution in [3.05, 3.63) is 200 Å². The molecule has 53 heavy (non-hydrogen) atoms. The second kappa shape index (κ2) is 11.7. The van der Waals surface area contributed by atoms with Gasteiger partial charge in [-0.15, -0.1) is 0 Å². The van der Waals surface area contributed by atoms with Gasteiger partial charge in [0.2, 0.25) is 0 Å². The zero-order chi connectivity index (χ0) is 34.9. The van der Waals surface area contributed by atoms with Crippen LogP contribution in [0.25, 0.3) is 54.6 Å². The number of hydrogen-bond acceptors (Lipinski definition) is 2. The SMILES string of the molecule is c1ccc(N(c2ccc3c(c2)[Si](c2ccccc2)(c2ccccc2)c2ccc4c(oc5ccccc54)c2-3)c2ccc3c(ccc4ccccc43)c2)cc1. The van der Waals surface area contributed by atoms with Crippen molar-refractivity contribution in [1.82, 2.24) is 0 Å². The Morgan fingerprint density at radius 2 is 0.962 bits per heavy atom. The Labute approximate surface area is 308 Å². The molecule has 0 aliphatic carbocycles. The third-order valence-corrected chi connectivity index (χ3v) is 16.1. The quantitative estimate of drug-likeness (QED) is 0.132. The van der Waals surface area contributed by atoms with Gasteiger partial charge in [-0.2, -0.15) is 0 Å². The summed E-state index contributed by atoms with van der Waals surface area (Å²) in [5.41, 5.74) is 7.75. The molecule has 3 heteroatoms. The molecule has 0 fully saturated rings. The molecular formula is C50H33NOSi. The summed E-state index contributed by atoms with van der Waals surface area (Å²) >= 11 is 0. The van der Waals surface area contributed by atoms with Gasteiger partial charge >= 0.3 is 0 Å². The number of para-hydroxylation sites is 2. The van der Waals surface area contributed by atoms with Crippen molar-refractivity contribution in [2.24, 2.45) is 0 Å². The summed E-state index contributed by atoms with van der Waals surface area (Å²) in [5.74, 6) is 0. The van der Waals surface area contributed by atoms with Gasteiger partial charge in [-0.1, -0.05) is 158 Å². The molecule has 0 radical (unpaired) electrons. The van der Waals surface area contributed by atoms with Crippen LogP contribution < -0.4 is 25.6 Å². The number of hydrogen-bond donors (Lipinski definition) is 0. The van der Waals surface area contributed by atoms with E-state index in [9.17, 15) is 0 Å². The molecule has 2 heterocycles. The second-order valence-corrected chi connectivity index (χ2v) is 17.8. The van der Waals surface area contributed by atoms with Crippen molar-refractivity contribution in [2.75, 3.05) is 4.90 Å². The average Bonchev–Trinajstić information content (AvgIpc) is 3.76. The zero-order valence-corrected chi connectivity index (χ0v) is 29.9. The lowest BCUT2D eigenvalue weighted by Gasteiger charge is -2.32. The standard InChI is InChI=1S/C50H33NOSi/c1-4-15-36(16-5-1)51(37-26-28-42-35(32-37)25-24-34-14-10-11-21-41(34)42)38-27-29-45-48(33-38)53(39-17-6-2-7-18-39,40-19-8-3-9-20-40)47-31-30-44-43-22-12-13-23-46(43)52-50(44)49(45)47/h1-33H. The highest BCUT2D eigenvalue weighted by Crippen LogP contribution is 2.42. The molecule has 0 saturated carbocycles. The maximum absolute atomic E-state index is 6.82. The summed E-state index contributed by atoms with van der Waals surface area (Å²) in [6.07, 6.45) is 0. The lowest BCUT2D eigenvalue weighted by molar-refractivity contribution is 0.670. The lowest BCUT2D eigenvalue weighted by Crippen LogP contribution is -2.72. The van der Waals surface area contributed by atoms with Crippen LogP contribution in [-0.2, 0) is 0 Å². The second-order valence-electron chi connectivity index (χ2n) is 14.0. The molecule has 0 amide bonds. The fourth-order valence-corrected chi connectivity index (χ4v) is 14.2. The molecule has 1 aliphatic rings. The van der Waals surface area contributed by atoms with E-state index in [0.717, 1.165) is 39.0 Å². The maximum Gasteiger partial charge on any atom is 0.181 e. The number of nitrogens with zero attached hydrogens (tertiary/aromatic N) is 1. The van der Waals surface area contributed by atoms with Crippen molar-refractivity contribution in [3.8, 4) is 11.1 Å². The highest BCUT2D eigenvalue weighted by atomic mass is 28.3. The lowest BCUT2D eigenvalue weighted by atomic mass is 10.0. The Morgan fingerprint density at radius 1 is 0.377 bits per heavy atom. The van der Waals surface area contributed by atoms with E-state index in [-0.39, 0.29) is 0 Å². The Morgan fingerprint density at radius 3 is 1.74 bits per heavy atom. The maximum atomic E-state index is 6.82. The molecule has 10 aromatic rings. The minimum absolute atomic E-state index is 0.923. The molecule has 0 N–H and O–H groups in total. The van der Waals surface area contributed by atoms with Gasteiger partial charge in [-0.3, -0.25) is 0 Å². The minimum Gasteiger partial charge on any atom is -0.455 e. The highest BCUT2D eigenvalue weighted by Gasteiger charge is 2.50. The average molecular weight is 692 g/mol. The van der Waals surface area contributed by atoms with Crippen LogP contribution >= 0.6 is 0 Å². The van der Waals surface area contributed by atoms with E-state index in [4.69, 9.17) is 4.42 Å². The van der Waals surface area contributed by atoms with E-state index in [2.05, 4.69) is 205 Å². The summed E-state index contributed by atoms with van der Waals surface area (Å²) in [6, 6.07) is 73.6. The summed E-state index contributed by atoms with van der Waals surface area (Å²) in [5, 5.41) is 12.8. The van der Waals surface area contributed by atoms with Crippen molar-refractivity contribution in [1.29, 1.82) is 0 Å². The van der Waals surface area contributed by atoms with Crippen molar-refractivity contribution in [2.45, 2.75) is 0 Å².